The van der Waals surface area contributed by atoms with Crippen molar-refractivity contribution >= 4 is 5.91 Å². The van der Waals surface area contributed by atoms with Crippen molar-refractivity contribution < 1.29 is 9.53 Å². The molecule has 0 radical (unpaired) electrons. The van der Waals surface area contributed by atoms with Crippen LogP contribution in [-0.2, 0) is 0 Å². The molecule has 3 heteroatoms. The Balaban J connectivity index is 2.70. The lowest BCUT2D eigenvalue weighted by molar-refractivity contribution is 0.0949. The van der Waals surface area contributed by atoms with Crippen LogP contribution >= 0.6 is 0 Å². The summed E-state index contributed by atoms with van der Waals surface area (Å²) in [5, 5.41) is 2.91. The van der Waals surface area contributed by atoms with Gasteiger partial charge in [-0.25, -0.2) is 0 Å². The number of rotatable bonds is 5. The number of aryl methyl sites for hydroxylation is 1. The van der Waals surface area contributed by atoms with Crippen LogP contribution in [0, 0.1) is 12.8 Å². The number of hydrogen-bond acceptors (Lipinski definition) is 2. The summed E-state index contributed by atoms with van der Waals surface area (Å²) >= 11 is 0. The Bertz CT molecular complexity index is 386. The monoisotopic (exact) mass is 235 g/mol. The maximum atomic E-state index is 12.0. The van der Waals surface area contributed by atoms with Crippen molar-refractivity contribution in [2.45, 2.75) is 27.2 Å². The van der Waals surface area contributed by atoms with Gasteiger partial charge in [0, 0.05) is 6.54 Å². The molecule has 0 fully saturated rings. The van der Waals surface area contributed by atoms with Crippen LogP contribution in [0.4, 0.5) is 0 Å². The lowest BCUT2D eigenvalue weighted by atomic mass is 10.1. The van der Waals surface area contributed by atoms with Gasteiger partial charge in [0.15, 0.2) is 0 Å². The summed E-state index contributed by atoms with van der Waals surface area (Å²) in [7, 11) is 1.58. The summed E-state index contributed by atoms with van der Waals surface area (Å²) in [5.74, 6) is 1.15. The third-order valence-electron chi connectivity index (χ3n) is 2.61. The molecule has 0 aliphatic heterocycles. The van der Waals surface area contributed by atoms with E-state index < -0.39 is 0 Å². The molecule has 1 N–H and O–H groups in total. The van der Waals surface area contributed by atoms with Gasteiger partial charge in [-0.05, 0) is 31.4 Å². The van der Waals surface area contributed by atoms with Gasteiger partial charge in [0.25, 0.3) is 5.91 Å². The lowest BCUT2D eigenvalue weighted by Gasteiger charge is -2.11. The molecule has 0 heterocycles. The minimum atomic E-state index is -0.0637. The standard InChI is InChI=1S/C14H21NO2/c1-10(2)7-8-15-14(16)12-9-11(3)5-6-13(12)17-4/h5-6,9-10H,7-8H2,1-4H3,(H,15,16). The van der Waals surface area contributed by atoms with Gasteiger partial charge in [-0.2, -0.15) is 0 Å². The number of methoxy groups -OCH3 is 1. The molecule has 0 saturated heterocycles. The fourth-order valence-electron chi connectivity index (χ4n) is 1.57. The minimum Gasteiger partial charge on any atom is -0.496 e. The molecule has 0 spiro atoms. The molecule has 0 aliphatic rings. The lowest BCUT2D eigenvalue weighted by Crippen LogP contribution is -2.25. The smallest absolute Gasteiger partial charge is 0.255 e. The third kappa shape index (κ3) is 4.10. The van der Waals surface area contributed by atoms with E-state index in [2.05, 4.69) is 19.2 Å². The fourth-order valence-corrected chi connectivity index (χ4v) is 1.57. The first-order chi connectivity index (χ1) is 8.04. The second-order valence-corrected chi connectivity index (χ2v) is 4.64. The van der Waals surface area contributed by atoms with Gasteiger partial charge in [0.2, 0.25) is 0 Å². The molecule has 0 atom stereocenters. The Morgan fingerprint density at radius 1 is 1.41 bits per heavy atom. The predicted molar refractivity (Wildman–Crippen MR) is 69.5 cm³/mol. The third-order valence-corrected chi connectivity index (χ3v) is 2.61. The molecular weight excluding hydrogens is 214 g/mol. The molecule has 1 aromatic carbocycles. The summed E-state index contributed by atoms with van der Waals surface area (Å²) in [5.41, 5.74) is 1.66. The van der Waals surface area contributed by atoms with Crippen LogP contribution in [-0.4, -0.2) is 19.6 Å². The van der Waals surface area contributed by atoms with Crippen molar-refractivity contribution in [3.05, 3.63) is 29.3 Å². The Morgan fingerprint density at radius 3 is 2.71 bits per heavy atom. The zero-order valence-electron chi connectivity index (χ0n) is 11.0. The molecular formula is C14H21NO2. The Hall–Kier alpha value is -1.51. The maximum Gasteiger partial charge on any atom is 0.255 e. The van der Waals surface area contributed by atoms with Gasteiger partial charge >= 0.3 is 0 Å². The van der Waals surface area contributed by atoms with Gasteiger partial charge in [-0.15, -0.1) is 0 Å². The number of carbonyl (C=O) groups is 1. The first-order valence-corrected chi connectivity index (χ1v) is 5.97. The van der Waals surface area contributed by atoms with Gasteiger partial charge in [0.1, 0.15) is 5.75 Å². The van der Waals surface area contributed by atoms with Crippen molar-refractivity contribution in [2.75, 3.05) is 13.7 Å². The number of ether oxygens (including phenoxy) is 1. The quantitative estimate of drug-likeness (QED) is 0.852. The number of nitrogens with one attached hydrogen (secondary N) is 1. The van der Waals surface area contributed by atoms with Crippen LogP contribution in [0.3, 0.4) is 0 Å². The zero-order chi connectivity index (χ0) is 12.8. The maximum absolute atomic E-state index is 12.0. The van der Waals surface area contributed by atoms with Crippen LogP contribution in [0.1, 0.15) is 36.2 Å². The topological polar surface area (TPSA) is 38.3 Å². The van der Waals surface area contributed by atoms with Crippen LogP contribution in [0.2, 0.25) is 0 Å². The van der Waals surface area contributed by atoms with Crippen LogP contribution in [0.5, 0.6) is 5.75 Å². The molecule has 0 unspecified atom stereocenters. The van der Waals surface area contributed by atoms with Gasteiger partial charge in [0.05, 0.1) is 12.7 Å². The van der Waals surface area contributed by atoms with Crippen molar-refractivity contribution in [3.63, 3.8) is 0 Å². The molecule has 3 nitrogen and oxygen atoms in total. The second kappa shape index (κ2) is 6.28. The highest BCUT2D eigenvalue weighted by atomic mass is 16.5. The number of amides is 1. The van der Waals surface area contributed by atoms with Gasteiger partial charge < -0.3 is 10.1 Å². The molecule has 94 valence electrons. The molecule has 0 aromatic heterocycles. The van der Waals surface area contributed by atoms with Gasteiger partial charge in [-0.1, -0.05) is 25.5 Å². The van der Waals surface area contributed by atoms with Crippen molar-refractivity contribution in [1.82, 2.24) is 5.32 Å². The summed E-state index contributed by atoms with van der Waals surface area (Å²) in [6.45, 7) is 6.94. The average Bonchev–Trinajstić information content (AvgIpc) is 2.28. The van der Waals surface area contributed by atoms with E-state index >= 15 is 0 Å². The fraction of sp³-hybridized carbons (Fsp3) is 0.500. The van der Waals surface area contributed by atoms with Crippen LogP contribution in [0.15, 0.2) is 18.2 Å². The Labute approximate surface area is 103 Å². The highest BCUT2D eigenvalue weighted by Gasteiger charge is 2.11. The van der Waals surface area contributed by atoms with Crippen molar-refractivity contribution in [2.24, 2.45) is 5.92 Å². The van der Waals surface area contributed by atoms with Crippen LogP contribution < -0.4 is 10.1 Å². The highest BCUT2D eigenvalue weighted by molar-refractivity contribution is 5.97. The summed E-state index contributed by atoms with van der Waals surface area (Å²) < 4.78 is 5.19. The van der Waals surface area contributed by atoms with E-state index in [1.165, 1.54) is 0 Å². The molecule has 0 aliphatic carbocycles. The summed E-state index contributed by atoms with van der Waals surface area (Å²) in [6.07, 6.45) is 0.986. The van der Waals surface area contributed by atoms with Crippen molar-refractivity contribution in [3.8, 4) is 5.75 Å². The SMILES string of the molecule is COc1ccc(C)cc1C(=O)NCCC(C)C. The van der Waals surface area contributed by atoms with E-state index in [-0.39, 0.29) is 5.91 Å². The Kier molecular flexibility index (Phi) is 5.01. The van der Waals surface area contributed by atoms with Crippen LogP contribution in [0.25, 0.3) is 0 Å². The largest absolute Gasteiger partial charge is 0.496 e. The Morgan fingerprint density at radius 2 is 2.12 bits per heavy atom. The highest BCUT2D eigenvalue weighted by Crippen LogP contribution is 2.19. The minimum absolute atomic E-state index is 0.0637. The van der Waals surface area contributed by atoms with E-state index in [9.17, 15) is 4.79 Å². The second-order valence-electron chi connectivity index (χ2n) is 4.64. The van der Waals surface area contributed by atoms with E-state index in [4.69, 9.17) is 4.74 Å². The summed E-state index contributed by atoms with van der Waals surface area (Å²) in [4.78, 5) is 12.0. The predicted octanol–water partition coefficient (Wildman–Crippen LogP) is 2.78. The molecule has 17 heavy (non-hydrogen) atoms. The average molecular weight is 235 g/mol. The molecule has 1 amide bonds. The number of benzene rings is 1. The molecule has 0 saturated carbocycles. The van der Waals surface area contributed by atoms with E-state index in [0.29, 0.717) is 23.8 Å². The number of carbonyl (C=O) groups excluding carboxylic acids is 1. The van der Waals surface area contributed by atoms with E-state index in [0.717, 1.165) is 12.0 Å². The normalized spacial score (nSPS) is 10.4. The first-order valence-electron chi connectivity index (χ1n) is 5.97. The van der Waals surface area contributed by atoms with Crippen molar-refractivity contribution in [1.29, 1.82) is 0 Å². The molecule has 1 rings (SSSR count). The van der Waals surface area contributed by atoms with E-state index in [1.54, 1.807) is 7.11 Å². The zero-order valence-corrected chi connectivity index (χ0v) is 11.0. The molecule has 1 aromatic rings. The molecule has 0 bridgehead atoms. The summed E-state index contributed by atoms with van der Waals surface area (Å²) in [6, 6.07) is 5.61. The van der Waals surface area contributed by atoms with E-state index in [1.807, 2.05) is 25.1 Å². The number of hydrogen-bond donors (Lipinski definition) is 1. The van der Waals surface area contributed by atoms with Gasteiger partial charge in [-0.3, -0.25) is 4.79 Å². The first kappa shape index (κ1) is 13.6.